The number of hydrogen-bond donors (Lipinski definition) is 2. The topological polar surface area (TPSA) is 109 Å². The van der Waals surface area contributed by atoms with E-state index in [1.165, 1.54) is 24.5 Å². The lowest BCUT2D eigenvalue weighted by Gasteiger charge is -2.11. The number of pyridine rings is 1. The number of nitrogens with one attached hydrogen (secondary N) is 1. The molecule has 0 bridgehead atoms. The molecule has 118 valence electrons. The molecular weight excluding hydrogens is 338 g/mol. The molecule has 7 nitrogen and oxygen atoms in total. The number of carbonyl (C=O) groups is 1. The van der Waals surface area contributed by atoms with Crippen LogP contribution in [0.15, 0.2) is 41.7 Å². The zero-order valence-corrected chi connectivity index (χ0v) is 13.5. The van der Waals surface area contributed by atoms with Crippen molar-refractivity contribution >= 4 is 43.3 Å². The maximum atomic E-state index is 12.6. The minimum absolute atomic E-state index is 0.000471. The van der Waals surface area contributed by atoms with Crippen LogP contribution in [0.25, 0.3) is 10.1 Å². The first-order chi connectivity index (χ1) is 10.9. The number of hydrogen-bond acceptors (Lipinski definition) is 6. The van der Waals surface area contributed by atoms with Gasteiger partial charge in [0, 0.05) is 6.20 Å². The minimum Gasteiger partial charge on any atom is -0.478 e. The third-order valence-corrected chi connectivity index (χ3v) is 5.24. The number of sulfonamides is 1. The highest BCUT2D eigenvalue weighted by molar-refractivity contribution is 7.92. The van der Waals surface area contributed by atoms with Gasteiger partial charge in [0.15, 0.2) is 5.03 Å². The standard InChI is InChI=1S/C14H11N3O4S2/c1-8-2-3-9(14(18)19)11(6-8)17-23(20,21)13-10-7-16-22-12(10)4-5-15-13/h2-7,17H,1H3,(H,18,19). The van der Waals surface area contributed by atoms with E-state index >= 15 is 0 Å². The molecule has 0 aliphatic carbocycles. The third-order valence-electron chi connectivity index (χ3n) is 3.15. The van der Waals surface area contributed by atoms with E-state index in [2.05, 4.69) is 14.1 Å². The molecule has 3 aromatic rings. The monoisotopic (exact) mass is 349 g/mol. The van der Waals surface area contributed by atoms with Crippen molar-refractivity contribution < 1.29 is 18.3 Å². The van der Waals surface area contributed by atoms with Crippen molar-refractivity contribution in [3.05, 3.63) is 47.8 Å². The summed E-state index contributed by atoms with van der Waals surface area (Å²) >= 11 is 1.16. The number of aromatic carboxylic acids is 1. The van der Waals surface area contributed by atoms with E-state index in [1.54, 1.807) is 19.1 Å². The Kier molecular flexibility index (Phi) is 3.74. The Morgan fingerprint density at radius 2 is 2.09 bits per heavy atom. The van der Waals surface area contributed by atoms with Crippen LogP contribution in [-0.4, -0.2) is 28.9 Å². The Balaban J connectivity index is 2.11. The lowest BCUT2D eigenvalue weighted by Crippen LogP contribution is -2.17. The Bertz CT molecular complexity index is 1010. The molecule has 2 aromatic heterocycles. The van der Waals surface area contributed by atoms with E-state index in [0.29, 0.717) is 10.1 Å². The minimum atomic E-state index is -4.04. The molecule has 0 atom stereocenters. The molecule has 0 saturated heterocycles. The summed E-state index contributed by atoms with van der Waals surface area (Å²) in [7, 11) is -4.04. The molecule has 0 aliphatic heterocycles. The van der Waals surface area contributed by atoms with Gasteiger partial charge < -0.3 is 5.11 Å². The summed E-state index contributed by atoms with van der Waals surface area (Å²) in [5.41, 5.74) is 0.602. The van der Waals surface area contributed by atoms with Gasteiger partial charge in [0.05, 0.1) is 27.5 Å². The van der Waals surface area contributed by atoms with Crippen molar-refractivity contribution in [3.63, 3.8) is 0 Å². The zero-order chi connectivity index (χ0) is 16.6. The van der Waals surface area contributed by atoms with Crippen molar-refractivity contribution in [2.75, 3.05) is 4.72 Å². The van der Waals surface area contributed by atoms with Crippen LogP contribution < -0.4 is 4.72 Å². The molecule has 2 N–H and O–H groups in total. The fourth-order valence-corrected chi connectivity index (χ4v) is 4.02. The van der Waals surface area contributed by atoms with Gasteiger partial charge in [-0.15, -0.1) is 0 Å². The first-order valence-electron chi connectivity index (χ1n) is 6.44. The summed E-state index contributed by atoms with van der Waals surface area (Å²) in [5, 5.41) is 9.42. The lowest BCUT2D eigenvalue weighted by atomic mass is 10.1. The summed E-state index contributed by atoms with van der Waals surface area (Å²) in [4.78, 5) is 15.2. The highest BCUT2D eigenvalue weighted by Crippen LogP contribution is 2.26. The predicted octanol–water partition coefficient (Wildman–Crippen LogP) is 2.50. The SMILES string of the molecule is Cc1ccc(C(=O)O)c(NS(=O)(=O)c2nccc3sncc23)c1. The number of aromatic nitrogens is 2. The van der Waals surface area contributed by atoms with Crippen molar-refractivity contribution in [3.8, 4) is 0 Å². The van der Waals surface area contributed by atoms with Crippen molar-refractivity contribution in [2.24, 2.45) is 0 Å². The Hall–Kier alpha value is -2.52. The van der Waals surface area contributed by atoms with Crippen LogP contribution in [-0.2, 0) is 10.0 Å². The first kappa shape index (κ1) is 15.4. The van der Waals surface area contributed by atoms with Crippen LogP contribution in [0.1, 0.15) is 15.9 Å². The van der Waals surface area contributed by atoms with Crippen molar-refractivity contribution in [1.82, 2.24) is 9.36 Å². The van der Waals surface area contributed by atoms with Gasteiger partial charge >= 0.3 is 5.97 Å². The quantitative estimate of drug-likeness (QED) is 0.749. The van der Waals surface area contributed by atoms with Gasteiger partial charge in [-0.2, -0.15) is 12.8 Å². The highest BCUT2D eigenvalue weighted by atomic mass is 32.2. The molecule has 2 heterocycles. The van der Waals surface area contributed by atoms with E-state index in [9.17, 15) is 18.3 Å². The van der Waals surface area contributed by atoms with E-state index in [-0.39, 0.29) is 16.3 Å². The number of aryl methyl sites for hydroxylation is 1. The van der Waals surface area contributed by atoms with Crippen LogP contribution in [0.4, 0.5) is 5.69 Å². The van der Waals surface area contributed by atoms with Crippen LogP contribution in [0, 0.1) is 6.92 Å². The van der Waals surface area contributed by atoms with Crippen molar-refractivity contribution in [2.45, 2.75) is 11.9 Å². The number of benzene rings is 1. The van der Waals surface area contributed by atoms with E-state index < -0.39 is 16.0 Å². The molecule has 0 unspecified atom stereocenters. The summed E-state index contributed by atoms with van der Waals surface area (Å²) in [6, 6.07) is 6.09. The summed E-state index contributed by atoms with van der Waals surface area (Å²) in [6.45, 7) is 1.74. The summed E-state index contributed by atoms with van der Waals surface area (Å²) in [5.74, 6) is -1.22. The van der Waals surface area contributed by atoms with Gasteiger partial charge in [-0.3, -0.25) is 4.72 Å². The predicted molar refractivity (Wildman–Crippen MR) is 86.4 cm³/mol. The molecule has 0 aliphatic rings. The van der Waals surface area contributed by atoms with E-state index in [4.69, 9.17) is 0 Å². The molecule has 0 fully saturated rings. The second-order valence-corrected chi connectivity index (χ2v) is 7.24. The Morgan fingerprint density at radius 1 is 1.30 bits per heavy atom. The van der Waals surface area contributed by atoms with E-state index in [1.807, 2.05) is 0 Å². The largest absolute Gasteiger partial charge is 0.478 e. The molecule has 9 heteroatoms. The molecular formula is C14H11N3O4S2. The number of carboxylic acids is 1. The zero-order valence-electron chi connectivity index (χ0n) is 11.8. The van der Waals surface area contributed by atoms with Crippen molar-refractivity contribution in [1.29, 1.82) is 0 Å². The van der Waals surface area contributed by atoms with Crippen LogP contribution in [0.5, 0.6) is 0 Å². The fourth-order valence-electron chi connectivity index (χ4n) is 2.11. The Morgan fingerprint density at radius 3 is 2.83 bits per heavy atom. The maximum absolute atomic E-state index is 12.6. The molecule has 3 rings (SSSR count). The maximum Gasteiger partial charge on any atom is 0.337 e. The summed E-state index contributed by atoms with van der Waals surface area (Å²) in [6.07, 6.45) is 2.80. The normalized spacial score (nSPS) is 11.5. The number of anilines is 1. The second kappa shape index (κ2) is 5.60. The molecule has 1 aromatic carbocycles. The second-order valence-electron chi connectivity index (χ2n) is 4.81. The van der Waals surface area contributed by atoms with Crippen LogP contribution in [0.2, 0.25) is 0 Å². The smallest absolute Gasteiger partial charge is 0.337 e. The van der Waals surface area contributed by atoms with Gasteiger partial charge in [0.1, 0.15) is 0 Å². The average Bonchev–Trinajstić information content (AvgIpc) is 2.94. The average molecular weight is 349 g/mol. The Labute approximate surface area is 135 Å². The van der Waals surface area contributed by atoms with E-state index in [0.717, 1.165) is 17.1 Å². The summed E-state index contributed by atoms with van der Waals surface area (Å²) < 4.78 is 32.2. The third kappa shape index (κ3) is 2.88. The van der Waals surface area contributed by atoms with Crippen LogP contribution in [0.3, 0.4) is 0 Å². The molecule has 0 amide bonds. The van der Waals surface area contributed by atoms with Crippen LogP contribution >= 0.6 is 11.5 Å². The lowest BCUT2D eigenvalue weighted by molar-refractivity contribution is 0.0698. The number of nitrogens with zero attached hydrogens (tertiary/aromatic N) is 2. The molecule has 0 radical (unpaired) electrons. The van der Waals surface area contributed by atoms with Gasteiger partial charge in [0.25, 0.3) is 10.0 Å². The number of fused-ring (bicyclic) bond motifs is 1. The molecule has 0 spiro atoms. The number of rotatable bonds is 4. The van der Waals surface area contributed by atoms with Gasteiger partial charge in [-0.1, -0.05) is 6.07 Å². The highest BCUT2D eigenvalue weighted by Gasteiger charge is 2.22. The number of carboxylic acid groups (broad SMARTS) is 1. The first-order valence-corrected chi connectivity index (χ1v) is 8.70. The van der Waals surface area contributed by atoms with Gasteiger partial charge in [0.2, 0.25) is 0 Å². The fraction of sp³-hybridized carbons (Fsp3) is 0.0714. The van der Waals surface area contributed by atoms with Gasteiger partial charge in [-0.25, -0.2) is 9.78 Å². The van der Waals surface area contributed by atoms with Gasteiger partial charge in [-0.05, 0) is 42.2 Å². The molecule has 0 saturated carbocycles. The molecule has 23 heavy (non-hydrogen) atoms.